The third kappa shape index (κ3) is 28.9. The van der Waals surface area contributed by atoms with E-state index in [0.717, 1.165) is 0 Å². The first kappa shape index (κ1) is 78.8. The van der Waals surface area contributed by atoms with E-state index < -0.39 is 70.3 Å². The maximum atomic E-state index is 15.5. The maximum absolute atomic E-state index is 15.5. The van der Waals surface area contributed by atoms with Crippen molar-refractivity contribution in [2.75, 3.05) is 175 Å². The number of aliphatic carboxylic acids is 1. The second kappa shape index (κ2) is 44.1. The van der Waals surface area contributed by atoms with Crippen LogP contribution in [-0.4, -0.2) is 253 Å². The number of pyridine rings is 1. The summed E-state index contributed by atoms with van der Waals surface area (Å²) in [6, 6.07) is 13.4. The fourth-order valence-corrected chi connectivity index (χ4v) is 10.3. The van der Waals surface area contributed by atoms with Crippen molar-refractivity contribution in [3.63, 3.8) is 0 Å². The lowest BCUT2D eigenvalue weighted by Crippen LogP contribution is -2.38. The van der Waals surface area contributed by atoms with Crippen LogP contribution in [0.4, 0.5) is 0 Å². The number of esters is 1. The molecule has 1 heterocycles. The van der Waals surface area contributed by atoms with Crippen molar-refractivity contribution >= 4 is 55.6 Å². The number of hydrogen-bond donors (Lipinski definition) is 3. The van der Waals surface area contributed by atoms with Crippen LogP contribution in [0.25, 0.3) is 21.8 Å². The number of carboxylic acids is 1. The SMILES string of the molecule is COCC(COC)OCC(COC(COC)COC)Oc1ccc2c(c1)c(C(=O)Oc1c(C)cc(C(=O)NCCOCCOCCCC(=O)CCCC(=O)O)cc1C)c1cc(OC(COC(COC)COC)COC(COC)COC)ccc1[n+]2CCCS(=O)(=O)O. The number of methoxy groups -OCH3 is 8. The highest BCUT2D eigenvalue weighted by Crippen LogP contribution is 2.34. The summed E-state index contributed by atoms with van der Waals surface area (Å²) in [5, 5.41) is 12.2. The lowest BCUT2D eigenvalue weighted by molar-refractivity contribution is -0.645. The number of ether oxygens (including phenoxy) is 17. The Labute approximate surface area is 539 Å². The summed E-state index contributed by atoms with van der Waals surface area (Å²) in [5.41, 5.74) is 2.20. The van der Waals surface area contributed by atoms with E-state index in [0.29, 0.717) is 64.4 Å². The molecule has 0 aliphatic heterocycles. The predicted molar refractivity (Wildman–Crippen MR) is 336 cm³/mol. The van der Waals surface area contributed by atoms with Crippen molar-refractivity contribution in [1.29, 1.82) is 0 Å². The number of nitrogens with one attached hydrogen (secondary N) is 1. The van der Waals surface area contributed by atoms with E-state index in [1.165, 1.54) is 0 Å². The Hall–Kier alpha value is -5.64. The van der Waals surface area contributed by atoms with Crippen LogP contribution in [0.5, 0.6) is 17.2 Å². The van der Waals surface area contributed by atoms with E-state index in [-0.39, 0.29) is 160 Å². The third-order valence-electron chi connectivity index (χ3n) is 14.0. The Kier molecular flexibility index (Phi) is 37.8. The zero-order valence-corrected chi connectivity index (χ0v) is 55.7. The maximum Gasteiger partial charge on any atom is 0.345 e. The van der Waals surface area contributed by atoms with Gasteiger partial charge in [-0.1, -0.05) is 0 Å². The monoisotopic (exact) mass is 1330 g/mol. The molecule has 3 N–H and O–H groups in total. The number of carbonyl (C=O) groups is 4. The van der Waals surface area contributed by atoms with Gasteiger partial charge < -0.3 is 90.9 Å². The highest BCUT2D eigenvalue weighted by molar-refractivity contribution is 7.85. The van der Waals surface area contributed by atoms with Crippen molar-refractivity contribution < 1.29 is 122 Å². The van der Waals surface area contributed by atoms with Gasteiger partial charge in [-0.05, 0) is 74.2 Å². The first-order valence-corrected chi connectivity index (χ1v) is 32.0. The smallest absolute Gasteiger partial charge is 0.345 e. The molecule has 92 heavy (non-hydrogen) atoms. The van der Waals surface area contributed by atoms with E-state index in [2.05, 4.69) is 5.32 Å². The summed E-state index contributed by atoms with van der Waals surface area (Å²) in [5.74, 6) is -1.98. The standard InChI is InChI=1S/C64H96N2O25S/c1-44-28-46(63(70)65-21-24-84-26-25-83-23-12-15-47(67)14-11-16-60(68)69)29-45(2)62(44)91-64(71)61-56-30-48(89-54(40-85-50(32-75-3)33-76-4)41-86-51(34-77-5)35-78-6)17-19-58(56)66(22-13-27-92(72,73)74)59-20-18-49(31-57(59)61)90-55(42-87-52(36-79-7)37-80-8)43-88-53(38-81-9)39-82-10/h17-20,28-31,50-55H,11-16,21-27,32-43H2,1-10H3,(H2-,65,68,69,70,72,73,74)/p+1. The summed E-state index contributed by atoms with van der Waals surface area (Å²) in [6.45, 7) is 6.48. The lowest BCUT2D eigenvalue weighted by Gasteiger charge is -2.25. The molecule has 0 aliphatic carbocycles. The van der Waals surface area contributed by atoms with Crippen LogP contribution in [0.2, 0.25) is 0 Å². The largest absolute Gasteiger partial charge is 0.486 e. The molecule has 0 saturated carbocycles. The van der Waals surface area contributed by atoms with Gasteiger partial charge in [-0.3, -0.25) is 18.9 Å². The minimum atomic E-state index is -4.40. The third-order valence-corrected chi connectivity index (χ3v) is 14.8. The predicted octanol–water partition coefficient (Wildman–Crippen LogP) is 4.97. The Bertz CT molecular complexity index is 2760. The fraction of sp³-hybridized carbons (Fsp3) is 0.641. The molecule has 0 bridgehead atoms. The van der Waals surface area contributed by atoms with Gasteiger partial charge in [-0.25, -0.2) is 4.79 Å². The van der Waals surface area contributed by atoms with Crippen LogP contribution in [0.15, 0.2) is 48.5 Å². The quantitative estimate of drug-likeness (QED) is 0.0131. The van der Waals surface area contributed by atoms with E-state index in [4.69, 9.17) is 85.6 Å². The highest BCUT2D eigenvalue weighted by Gasteiger charge is 2.30. The molecule has 4 rings (SSSR count). The van der Waals surface area contributed by atoms with Gasteiger partial charge >= 0.3 is 11.9 Å². The lowest BCUT2D eigenvalue weighted by atomic mass is 10.0. The summed E-state index contributed by atoms with van der Waals surface area (Å²) in [6.07, 6.45) is -2.16. The molecular weight excluding hydrogens is 1230 g/mol. The van der Waals surface area contributed by atoms with Crippen molar-refractivity contribution in [2.24, 2.45) is 0 Å². The Morgan fingerprint density at radius 2 is 0.924 bits per heavy atom. The Morgan fingerprint density at radius 1 is 0.511 bits per heavy atom. The van der Waals surface area contributed by atoms with Gasteiger partial charge in [-0.2, -0.15) is 13.0 Å². The minimum Gasteiger partial charge on any atom is -0.486 e. The zero-order chi connectivity index (χ0) is 67.3. The number of carboxylic acid groups (broad SMARTS) is 1. The number of carbonyl (C=O) groups excluding carboxylic acids is 3. The van der Waals surface area contributed by atoms with Crippen LogP contribution in [-0.2, 0) is 92.6 Å². The molecule has 27 nitrogen and oxygen atoms in total. The molecule has 518 valence electrons. The van der Waals surface area contributed by atoms with Gasteiger partial charge in [0.1, 0.15) is 59.7 Å². The average Bonchev–Trinajstić information content (AvgIpc) is 0.743. The van der Waals surface area contributed by atoms with Gasteiger partial charge in [-0.15, -0.1) is 0 Å². The molecule has 0 spiro atoms. The highest BCUT2D eigenvalue weighted by atomic mass is 32.2. The summed E-state index contributed by atoms with van der Waals surface area (Å²) < 4.78 is 135. The summed E-state index contributed by atoms with van der Waals surface area (Å²) >= 11 is 0. The second-order valence-corrected chi connectivity index (χ2v) is 23.2. The first-order chi connectivity index (χ1) is 44.3. The normalized spacial score (nSPS) is 12.1. The number of aryl methyl sites for hydroxylation is 3. The number of benzene rings is 3. The second-order valence-electron chi connectivity index (χ2n) is 21.7. The number of Topliss-reactive ketones (excluding diaryl/α,β-unsaturated/α-hetero) is 1. The van der Waals surface area contributed by atoms with Gasteiger partial charge in [0, 0.05) is 113 Å². The number of ketones is 1. The van der Waals surface area contributed by atoms with Crippen molar-refractivity contribution in [3.8, 4) is 17.2 Å². The molecule has 3 aromatic carbocycles. The van der Waals surface area contributed by atoms with E-state index in [1.54, 1.807) is 119 Å². The van der Waals surface area contributed by atoms with Crippen molar-refractivity contribution in [3.05, 3.63) is 70.8 Å². The molecule has 0 atom stereocenters. The van der Waals surface area contributed by atoms with Gasteiger partial charge in [0.25, 0.3) is 16.0 Å². The van der Waals surface area contributed by atoms with E-state index in [9.17, 15) is 27.4 Å². The molecule has 0 aliphatic rings. The molecule has 1 aromatic heterocycles. The van der Waals surface area contributed by atoms with Crippen LogP contribution < -0.4 is 24.1 Å². The van der Waals surface area contributed by atoms with Gasteiger partial charge in [0.05, 0.1) is 121 Å². The molecule has 1 amide bonds. The molecule has 28 heteroatoms. The molecule has 0 radical (unpaired) electrons. The van der Waals surface area contributed by atoms with Crippen molar-refractivity contribution in [2.45, 2.75) is 95.5 Å². The van der Waals surface area contributed by atoms with Crippen LogP contribution in [0, 0.1) is 13.8 Å². The van der Waals surface area contributed by atoms with Gasteiger partial charge in [0.15, 0.2) is 6.54 Å². The first-order valence-electron chi connectivity index (χ1n) is 30.4. The fourth-order valence-electron chi connectivity index (χ4n) is 9.82. The van der Waals surface area contributed by atoms with Crippen LogP contribution in [0.1, 0.15) is 70.4 Å². The molecular formula is C64H97N2O25S+. The van der Waals surface area contributed by atoms with Crippen LogP contribution >= 0.6 is 0 Å². The molecule has 0 saturated heterocycles. The Balaban J connectivity index is 1.81. The average molecular weight is 1330 g/mol. The van der Waals surface area contributed by atoms with E-state index >= 15 is 4.79 Å². The van der Waals surface area contributed by atoms with Crippen molar-refractivity contribution in [1.82, 2.24) is 5.32 Å². The summed E-state index contributed by atoms with van der Waals surface area (Å²) in [4.78, 5) is 51.8. The molecule has 0 fully saturated rings. The summed E-state index contributed by atoms with van der Waals surface area (Å²) in [7, 11) is 8.00. The van der Waals surface area contributed by atoms with Gasteiger partial charge in [0.2, 0.25) is 11.0 Å². The van der Waals surface area contributed by atoms with E-state index in [1.807, 2.05) is 4.57 Å². The zero-order valence-electron chi connectivity index (χ0n) is 54.9. The number of nitrogens with zero attached hydrogens (tertiary/aromatic N) is 1. The number of amides is 1. The number of aromatic nitrogens is 1. The number of fused-ring (bicyclic) bond motifs is 2. The van der Waals surface area contributed by atoms with Crippen LogP contribution in [0.3, 0.4) is 0 Å². The number of rotatable bonds is 53. The topological polar surface area (TPSA) is 316 Å². The number of hydrogen-bond acceptors (Lipinski definition) is 23. The Morgan fingerprint density at radius 3 is 1.33 bits per heavy atom. The minimum absolute atomic E-state index is 0.00106. The molecule has 0 unspecified atom stereocenters. The molecule has 4 aromatic rings.